The lowest BCUT2D eigenvalue weighted by molar-refractivity contribution is 0.540. The van der Waals surface area contributed by atoms with Crippen LogP contribution in [-0.2, 0) is 17.1 Å². The number of nitrogens with one attached hydrogen (secondary N) is 1. The first-order valence-electron chi connectivity index (χ1n) is 5.53. The van der Waals surface area contributed by atoms with Crippen molar-refractivity contribution in [1.82, 2.24) is 19.7 Å². The van der Waals surface area contributed by atoms with Crippen LogP contribution < -0.4 is 4.72 Å². The average Bonchev–Trinajstić information content (AvgIpc) is 2.58. The molecule has 0 radical (unpaired) electrons. The maximum absolute atomic E-state index is 12.1. The summed E-state index contributed by atoms with van der Waals surface area (Å²) in [6.07, 6.45) is 0.792. The van der Waals surface area contributed by atoms with Crippen LogP contribution in [-0.4, -0.2) is 41.0 Å². The minimum absolute atomic E-state index is 0.0532. The standard InChI is InChI=1S/C9H17BrN4O2S2/c1-4-17-6-5-7(2)12-18(15,16)9-8(10)11-13-14(9)3/h7,12H,4-6H2,1-3H3. The van der Waals surface area contributed by atoms with Crippen LogP contribution in [0.3, 0.4) is 0 Å². The van der Waals surface area contributed by atoms with E-state index < -0.39 is 10.0 Å². The van der Waals surface area contributed by atoms with Crippen LogP contribution in [0.2, 0.25) is 0 Å². The van der Waals surface area contributed by atoms with Crippen molar-refractivity contribution in [3.8, 4) is 0 Å². The Morgan fingerprint density at radius 1 is 1.56 bits per heavy atom. The molecular formula is C9H17BrN4O2S2. The van der Waals surface area contributed by atoms with E-state index in [1.165, 1.54) is 4.68 Å². The van der Waals surface area contributed by atoms with Crippen LogP contribution >= 0.6 is 27.7 Å². The van der Waals surface area contributed by atoms with Gasteiger partial charge >= 0.3 is 0 Å². The summed E-state index contributed by atoms with van der Waals surface area (Å²) >= 11 is 4.88. The molecule has 9 heteroatoms. The highest BCUT2D eigenvalue weighted by molar-refractivity contribution is 9.10. The fourth-order valence-corrected chi connectivity index (χ4v) is 4.57. The lowest BCUT2D eigenvalue weighted by atomic mass is 10.3. The molecule has 6 nitrogen and oxygen atoms in total. The molecule has 1 unspecified atom stereocenters. The van der Waals surface area contributed by atoms with Gasteiger partial charge in [-0.2, -0.15) is 11.8 Å². The third-order valence-corrected chi connectivity index (χ3v) is 5.66. The topological polar surface area (TPSA) is 76.9 Å². The first kappa shape index (κ1) is 15.9. The van der Waals surface area contributed by atoms with Gasteiger partial charge in [0.15, 0.2) is 4.60 Å². The monoisotopic (exact) mass is 356 g/mol. The van der Waals surface area contributed by atoms with E-state index in [1.807, 2.05) is 6.92 Å². The molecule has 0 saturated carbocycles. The maximum atomic E-state index is 12.1. The minimum atomic E-state index is -3.58. The Balaban J connectivity index is 2.71. The van der Waals surface area contributed by atoms with Gasteiger partial charge in [-0.05, 0) is 40.8 Å². The lowest BCUT2D eigenvalue weighted by Crippen LogP contribution is -2.34. The van der Waals surface area contributed by atoms with Crippen LogP contribution in [0, 0.1) is 0 Å². The smallest absolute Gasteiger partial charge is 0.235 e. The van der Waals surface area contributed by atoms with Crippen molar-refractivity contribution >= 4 is 37.7 Å². The molecule has 0 fully saturated rings. The molecule has 0 aliphatic heterocycles. The third-order valence-electron chi connectivity index (χ3n) is 2.25. The van der Waals surface area contributed by atoms with Gasteiger partial charge in [-0.25, -0.2) is 17.8 Å². The molecule has 1 heterocycles. The molecule has 0 bridgehead atoms. The van der Waals surface area contributed by atoms with Crippen molar-refractivity contribution < 1.29 is 8.42 Å². The van der Waals surface area contributed by atoms with Crippen LogP contribution in [0.25, 0.3) is 0 Å². The van der Waals surface area contributed by atoms with E-state index in [4.69, 9.17) is 0 Å². The van der Waals surface area contributed by atoms with Gasteiger partial charge in [-0.3, -0.25) is 0 Å². The number of thioether (sulfide) groups is 1. The van der Waals surface area contributed by atoms with Gasteiger partial charge in [0.05, 0.1) is 0 Å². The summed E-state index contributed by atoms with van der Waals surface area (Å²) in [4.78, 5) is 0. The second-order valence-electron chi connectivity index (χ2n) is 3.82. The number of aryl methyl sites for hydroxylation is 1. The fourth-order valence-electron chi connectivity index (χ4n) is 1.39. The van der Waals surface area contributed by atoms with E-state index in [1.54, 1.807) is 18.8 Å². The Bertz CT molecular complexity index is 469. The normalized spacial score (nSPS) is 13.8. The summed E-state index contributed by atoms with van der Waals surface area (Å²) in [5, 5.41) is 7.39. The summed E-state index contributed by atoms with van der Waals surface area (Å²) in [5.74, 6) is 1.97. The molecule has 1 aromatic heterocycles. The summed E-state index contributed by atoms with van der Waals surface area (Å²) < 4.78 is 28.4. The van der Waals surface area contributed by atoms with E-state index in [2.05, 4.69) is 37.9 Å². The summed E-state index contributed by atoms with van der Waals surface area (Å²) in [6.45, 7) is 3.93. The predicted molar refractivity (Wildman–Crippen MR) is 76.1 cm³/mol. The van der Waals surface area contributed by atoms with Gasteiger partial charge < -0.3 is 0 Å². The highest BCUT2D eigenvalue weighted by Gasteiger charge is 2.25. The molecule has 0 saturated heterocycles. The van der Waals surface area contributed by atoms with E-state index in [-0.39, 0.29) is 15.7 Å². The van der Waals surface area contributed by atoms with Crippen molar-refractivity contribution in [2.75, 3.05) is 11.5 Å². The van der Waals surface area contributed by atoms with Crippen LogP contribution in [0.15, 0.2) is 9.63 Å². The van der Waals surface area contributed by atoms with Gasteiger partial charge in [0, 0.05) is 13.1 Å². The van der Waals surface area contributed by atoms with Crippen molar-refractivity contribution in [2.45, 2.75) is 31.3 Å². The molecule has 1 rings (SSSR count). The van der Waals surface area contributed by atoms with E-state index >= 15 is 0 Å². The zero-order valence-electron chi connectivity index (χ0n) is 10.6. The molecule has 0 aliphatic rings. The molecule has 1 aromatic rings. The van der Waals surface area contributed by atoms with Crippen molar-refractivity contribution in [3.63, 3.8) is 0 Å². The molecule has 1 N–H and O–H groups in total. The molecule has 0 aromatic carbocycles. The number of hydrogen-bond donors (Lipinski definition) is 1. The largest absolute Gasteiger partial charge is 0.260 e. The van der Waals surface area contributed by atoms with Gasteiger partial charge in [0.25, 0.3) is 10.0 Å². The van der Waals surface area contributed by atoms with E-state index in [9.17, 15) is 8.42 Å². The quantitative estimate of drug-likeness (QED) is 0.747. The summed E-state index contributed by atoms with van der Waals surface area (Å²) in [5.41, 5.74) is 0. The Morgan fingerprint density at radius 2 is 2.22 bits per heavy atom. The molecular weight excluding hydrogens is 340 g/mol. The fraction of sp³-hybridized carbons (Fsp3) is 0.778. The summed E-state index contributed by atoms with van der Waals surface area (Å²) in [6, 6.07) is -0.115. The lowest BCUT2D eigenvalue weighted by Gasteiger charge is -2.13. The highest BCUT2D eigenvalue weighted by Crippen LogP contribution is 2.18. The van der Waals surface area contributed by atoms with Crippen LogP contribution in [0.1, 0.15) is 20.3 Å². The Kier molecular flexibility index (Phi) is 6.09. The van der Waals surface area contributed by atoms with Gasteiger partial charge in [0.1, 0.15) is 0 Å². The second kappa shape index (κ2) is 6.88. The average molecular weight is 357 g/mol. The zero-order valence-corrected chi connectivity index (χ0v) is 13.8. The van der Waals surface area contributed by atoms with E-state index in [0.29, 0.717) is 0 Å². The van der Waals surface area contributed by atoms with Crippen molar-refractivity contribution in [2.24, 2.45) is 7.05 Å². The number of rotatable bonds is 7. The van der Waals surface area contributed by atoms with Crippen molar-refractivity contribution in [3.05, 3.63) is 4.60 Å². The number of hydrogen-bond acceptors (Lipinski definition) is 5. The van der Waals surface area contributed by atoms with Crippen molar-refractivity contribution in [1.29, 1.82) is 0 Å². The second-order valence-corrected chi connectivity index (χ2v) is 7.59. The predicted octanol–water partition coefficient (Wildman–Crippen LogP) is 1.39. The molecule has 18 heavy (non-hydrogen) atoms. The molecule has 1 atom stereocenters. The number of halogens is 1. The summed E-state index contributed by atoms with van der Waals surface area (Å²) in [7, 11) is -2.04. The zero-order chi connectivity index (χ0) is 13.8. The van der Waals surface area contributed by atoms with Gasteiger partial charge in [0.2, 0.25) is 5.03 Å². The molecule has 0 aliphatic carbocycles. The van der Waals surface area contributed by atoms with E-state index in [0.717, 1.165) is 17.9 Å². The van der Waals surface area contributed by atoms with Gasteiger partial charge in [-0.15, -0.1) is 5.10 Å². The number of aromatic nitrogens is 3. The SMILES string of the molecule is CCSCCC(C)NS(=O)(=O)c1c(Br)nnn1C. The number of nitrogens with zero attached hydrogens (tertiary/aromatic N) is 3. The van der Waals surface area contributed by atoms with Crippen LogP contribution in [0.5, 0.6) is 0 Å². The number of sulfonamides is 1. The Hall–Kier alpha value is -0.120. The molecule has 0 spiro atoms. The first-order valence-corrected chi connectivity index (χ1v) is 8.96. The third kappa shape index (κ3) is 4.22. The molecule has 0 amide bonds. The molecule has 104 valence electrons. The Labute approximate surface area is 120 Å². The van der Waals surface area contributed by atoms with Gasteiger partial charge in [-0.1, -0.05) is 12.1 Å². The first-order chi connectivity index (χ1) is 8.38. The van der Waals surface area contributed by atoms with Crippen LogP contribution in [0.4, 0.5) is 0 Å². The highest BCUT2D eigenvalue weighted by atomic mass is 79.9. The maximum Gasteiger partial charge on any atom is 0.260 e. The minimum Gasteiger partial charge on any atom is -0.235 e. The Morgan fingerprint density at radius 3 is 2.72 bits per heavy atom.